The normalized spacial score (nSPS) is 17.2. The van der Waals surface area contributed by atoms with E-state index in [0.717, 1.165) is 35.4 Å². The summed E-state index contributed by atoms with van der Waals surface area (Å²) in [6, 6.07) is 11.1. The number of anilines is 2. The second kappa shape index (κ2) is 9.78. The molecule has 0 radical (unpaired) electrons. The van der Waals surface area contributed by atoms with Gasteiger partial charge in [0.05, 0.1) is 28.5 Å². The van der Waals surface area contributed by atoms with Crippen LogP contribution in [0.2, 0.25) is 0 Å². The van der Waals surface area contributed by atoms with Gasteiger partial charge in [-0.05, 0) is 49.1 Å². The molecule has 1 saturated heterocycles. The Morgan fingerprint density at radius 1 is 1.16 bits per heavy atom. The summed E-state index contributed by atoms with van der Waals surface area (Å²) in [6.45, 7) is 6.11. The van der Waals surface area contributed by atoms with Gasteiger partial charge in [-0.25, -0.2) is 9.50 Å². The van der Waals surface area contributed by atoms with Crippen molar-refractivity contribution in [2.45, 2.75) is 32.9 Å². The Hall–Kier alpha value is -4.65. The Morgan fingerprint density at radius 3 is 2.68 bits per heavy atom. The molecule has 2 atom stereocenters. The van der Waals surface area contributed by atoms with Crippen LogP contribution in [-0.4, -0.2) is 44.2 Å². The van der Waals surface area contributed by atoms with Crippen molar-refractivity contribution >= 4 is 22.9 Å². The SMILES string of the molecule is CC[C@H]1CN(c2ccc(C#N)cn2)C[C@H]1Nc1c(C(N)=O)cnn2cc(-c3ccc(=O)n(CC)c3)cc12. The minimum Gasteiger partial charge on any atom is -0.378 e. The van der Waals surface area contributed by atoms with Gasteiger partial charge in [-0.15, -0.1) is 0 Å². The largest absolute Gasteiger partial charge is 0.378 e. The molecule has 1 fully saturated rings. The summed E-state index contributed by atoms with van der Waals surface area (Å²) in [6.07, 6.45) is 7.71. The summed E-state index contributed by atoms with van der Waals surface area (Å²) >= 11 is 0. The number of aromatic nitrogens is 4. The molecule has 5 rings (SSSR count). The van der Waals surface area contributed by atoms with Gasteiger partial charge >= 0.3 is 0 Å². The number of hydrogen-bond acceptors (Lipinski definition) is 7. The molecule has 5 heterocycles. The molecule has 1 amide bonds. The van der Waals surface area contributed by atoms with Crippen LogP contribution in [0.4, 0.5) is 11.5 Å². The van der Waals surface area contributed by atoms with E-state index in [-0.39, 0.29) is 11.6 Å². The van der Waals surface area contributed by atoms with Gasteiger partial charge in [0.2, 0.25) is 0 Å². The van der Waals surface area contributed by atoms with Crippen molar-refractivity contribution in [3.8, 4) is 17.2 Å². The lowest BCUT2D eigenvalue weighted by Crippen LogP contribution is -2.30. The maximum absolute atomic E-state index is 12.4. The van der Waals surface area contributed by atoms with E-state index in [4.69, 9.17) is 11.0 Å². The van der Waals surface area contributed by atoms with Gasteiger partial charge < -0.3 is 20.5 Å². The predicted octanol–water partition coefficient (Wildman–Crippen LogP) is 2.88. The molecule has 3 N–H and O–H groups in total. The van der Waals surface area contributed by atoms with Crippen LogP contribution in [-0.2, 0) is 6.54 Å². The summed E-state index contributed by atoms with van der Waals surface area (Å²) < 4.78 is 3.37. The van der Waals surface area contributed by atoms with Crippen molar-refractivity contribution in [1.29, 1.82) is 5.26 Å². The van der Waals surface area contributed by atoms with Crippen molar-refractivity contribution in [1.82, 2.24) is 19.2 Å². The van der Waals surface area contributed by atoms with Crippen LogP contribution >= 0.6 is 0 Å². The number of pyridine rings is 2. The van der Waals surface area contributed by atoms with Crippen LogP contribution in [0.15, 0.2) is 59.9 Å². The van der Waals surface area contributed by atoms with Crippen LogP contribution in [0, 0.1) is 17.2 Å². The van der Waals surface area contributed by atoms with Crippen molar-refractivity contribution < 1.29 is 4.79 Å². The first-order chi connectivity index (χ1) is 17.9. The van der Waals surface area contributed by atoms with Gasteiger partial charge in [-0.2, -0.15) is 10.4 Å². The van der Waals surface area contributed by atoms with E-state index in [2.05, 4.69) is 33.3 Å². The highest BCUT2D eigenvalue weighted by Crippen LogP contribution is 2.32. The highest BCUT2D eigenvalue weighted by atomic mass is 16.1. The zero-order valence-electron chi connectivity index (χ0n) is 20.8. The number of amides is 1. The Labute approximate surface area is 214 Å². The molecule has 1 aliphatic rings. The van der Waals surface area contributed by atoms with Gasteiger partial charge in [-0.3, -0.25) is 9.59 Å². The molecule has 10 heteroatoms. The van der Waals surface area contributed by atoms with E-state index in [9.17, 15) is 9.59 Å². The number of nitrogens with zero attached hydrogens (tertiary/aromatic N) is 6. The minimum atomic E-state index is -0.559. The van der Waals surface area contributed by atoms with Crippen molar-refractivity contribution in [3.05, 3.63) is 76.6 Å². The number of carbonyl (C=O) groups is 1. The lowest BCUT2D eigenvalue weighted by molar-refractivity contribution is 0.100. The fourth-order valence-corrected chi connectivity index (χ4v) is 4.96. The van der Waals surface area contributed by atoms with E-state index in [1.54, 1.807) is 33.5 Å². The molecular weight excluding hydrogens is 468 g/mol. The molecule has 0 saturated carbocycles. The summed E-state index contributed by atoms with van der Waals surface area (Å²) in [7, 11) is 0. The van der Waals surface area contributed by atoms with E-state index >= 15 is 0 Å². The Bertz CT molecular complexity index is 1560. The molecule has 188 valence electrons. The van der Waals surface area contributed by atoms with Gasteiger partial charge in [0.15, 0.2) is 0 Å². The number of nitriles is 1. The Morgan fingerprint density at radius 2 is 2.00 bits per heavy atom. The molecule has 0 aromatic carbocycles. The fraction of sp³-hybridized carbons (Fsp3) is 0.296. The number of carbonyl (C=O) groups excluding carboxylic acids is 1. The number of hydrogen-bond donors (Lipinski definition) is 2. The third kappa shape index (κ3) is 4.51. The number of aryl methyl sites for hydroxylation is 1. The molecule has 4 aromatic rings. The number of rotatable bonds is 7. The maximum atomic E-state index is 12.4. The van der Waals surface area contributed by atoms with E-state index < -0.39 is 5.91 Å². The van der Waals surface area contributed by atoms with Crippen LogP contribution in [0.5, 0.6) is 0 Å². The van der Waals surface area contributed by atoms with Crippen LogP contribution in [0.1, 0.15) is 36.2 Å². The molecule has 1 aliphatic heterocycles. The first-order valence-electron chi connectivity index (χ1n) is 12.3. The van der Waals surface area contributed by atoms with E-state index in [1.165, 1.54) is 6.20 Å². The molecular formula is C27H28N8O2. The third-order valence-electron chi connectivity index (χ3n) is 7.06. The summed E-state index contributed by atoms with van der Waals surface area (Å²) in [5.41, 5.74) is 9.65. The van der Waals surface area contributed by atoms with Gasteiger partial charge in [0.1, 0.15) is 11.9 Å². The monoisotopic (exact) mass is 496 g/mol. The first kappa shape index (κ1) is 24.1. The molecule has 0 unspecified atom stereocenters. The summed E-state index contributed by atoms with van der Waals surface area (Å²) in [4.78, 5) is 31.1. The lowest BCUT2D eigenvalue weighted by atomic mass is 10.00. The van der Waals surface area contributed by atoms with E-state index in [0.29, 0.717) is 35.8 Å². The highest BCUT2D eigenvalue weighted by molar-refractivity contribution is 6.02. The minimum absolute atomic E-state index is 0.0343. The number of primary amides is 1. The second-order valence-corrected chi connectivity index (χ2v) is 9.24. The van der Waals surface area contributed by atoms with Crippen LogP contribution < -0.4 is 21.5 Å². The first-order valence-corrected chi connectivity index (χ1v) is 12.3. The smallest absolute Gasteiger partial charge is 0.252 e. The lowest BCUT2D eigenvalue weighted by Gasteiger charge is -2.21. The van der Waals surface area contributed by atoms with Crippen molar-refractivity contribution in [3.63, 3.8) is 0 Å². The summed E-state index contributed by atoms with van der Waals surface area (Å²) in [5, 5.41) is 17.1. The molecule has 4 aromatic heterocycles. The zero-order chi connectivity index (χ0) is 26.1. The van der Waals surface area contributed by atoms with Crippen molar-refractivity contribution in [2.24, 2.45) is 11.7 Å². The second-order valence-electron chi connectivity index (χ2n) is 9.24. The van der Waals surface area contributed by atoms with Gasteiger partial charge in [0.25, 0.3) is 11.5 Å². The number of nitrogens with two attached hydrogens (primary N) is 1. The predicted molar refractivity (Wildman–Crippen MR) is 141 cm³/mol. The molecule has 0 spiro atoms. The average molecular weight is 497 g/mol. The van der Waals surface area contributed by atoms with E-state index in [1.807, 2.05) is 31.5 Å². The average Bonchev–Trinajstić information content (AvgIpc) is 3.53. The molecule has 0 bridgehead atoms. The van der Waals surface area contributed by atoms with Gasteiger partial charge in [-0.1, -0.05) is 6.92 Å². The molecule has 0 aliphatic carbocycles. The third-order valence-corrected chi connectivity index (χ3v) is 7.06. The quantitative estimate of drug-likeness (QED) is 0.402. The standard InChI is InChI=1S/C27H28N8O2/c1-3-18-13-34(24-7-5-17(10-28)11-30-24)16-22(18)32-26-21(27(29)37)12-31-35-15-20(9-23(26)35)19-6-8-25(36)33(4-2)14-19/h5-9,11-12,14-15,18,22,32H,3-4,13,16H2,1-2H3,(H2,29,37)/t18-,22+/m0/s1. The Balaban J connectivity index is 1.51. The number of fused-ring (bicyclic) bond motifs is 1. The fourth-order valence-electron chi connectivity index (χ4n) is 4.96. The highest BCUT2D eigenvalue weighted by Gasteiger charge is 2.33. The Kier molecular flexibility index (Phi) is 6.36. The molecule has 10 nitrogen and oxygen atoms in total. The van der Waals surface area contributed by atoms with Crippen molar-refractivity contribution in [2.75, 3.05) is 23.3 Å². The maximum Gasteiger partial charge on any atom is 0.252 e. The summed E-state index contributed by atoms with van der Waals surface area (Å²) in [5.74, 6) is 0.554. The van der Waals surface area contributed by atoms with Crippen LogP contribution in [0.25, 0.3) is 16.6 Å². The van der Waals surface area contributed by atoms with Gasteiger partial charge in [0, 0.05) is 55.9 Å². The molecule has 37 heavy (non-hydrogen) atoms. The number of nitrogens with one attached hydrogen (secondary N) is 1. The zero-order valence-corrected chi connectivity index (χ0v) is 20.8. The van der Waals surface area contributed by atoms with Crippen LogP contribution in [0.3, 0.4) is 0 Å². The topological polar surface area (TPSA) is 134 Å².